The number of aromatic nitrogens is 1. The first-order valence-corrected chi connectivity index (χ1v) is 22.1. The zero-order chi connectivity index (χ0) is 41.0. The van der Waals surface area contributed by atoms with Gasteiger partial charge in [-0.05, 0) is 127 Å². The second-order valence-corrected chi connectivity index (χ2v) is 17.1. The Hall–Kier alpha value is -7.78. The number of nitrogens with zero attached hydrogens (tertiary/aromatic N) is 1. The van der Waals surface area contributed by atoms with Crippen LogP contribution in [0.25, 0.3) is 114 Å². The average molecular weight is 806 g/mol. The van der Waals surface area contributed by atoms with Gasteiger partial charge in [0.05, 0.1) is 11.0 Å². The molecule has 0 aliphatic carbocycles. The summed E-state index contributed by atoms with van der Waals surface area (Å²) in [5, 5.41) is 5.07. The van der Waals surface area contributed by atoms with E-state index in [0.29, 0.717) is 0 Å². The molecule has 0 bridgehead atoms. The first-order valence-electron chi connectivity index (χ1n) is 21.2. The molecule has 2 aromatic heterocycles. The van der Waals surface area contributed by atoms with Crippen molar-refractivity contribution in [3.63, 3.8) is 0 Å². The number of hydrogen-bond donors (Lipinski definition) is 0. The Labute approximate surface area is 365 Å². The van der Waals surface area contributed by atoms with Gasteiger partial charge in [0.25, 0.3) is 0 Å². The number of fused-ring (bicyclic) bond motifs is 6. The van der Waals surface area contributed by atoms with Crippen molar-refractivity contribution in [1.29, 1.82) is 0 Å². The fourth-order valence-corrected chi connectivity index (χ4v) is 10.8. The molecule has 0 radical (unpaired) electrons. The van der Waals surface area contributed by atoms with Crippen LogP contribution in [0.1, 0.15) is 0 Å². The second-order valence-electron chi connectivity index (χ2n) is 16.1. The normalized spacial score (nSPS) is 11.5. The predicted octanol–water partition coefficient (Wildman–Crippen LogP) is 17.2. The Morgan fingerprint density at radius 3 is 1.18 bits per heavy atom. The summed E-state index contributed by atoms with van der Waals surface area (Å²) in [4.78, 5) is 0. The SMILES string of the molecule is c1ccc(-c2cccc(-c3cc(-c4ccc5c(c4)c4cc(-c6ccccc6)ccc4n5-c4ccccc4)cc(-c4cccc5c4sc4c(-c6ccccc6)cccc45)c3)c2)cc1. The Bertz CT molecular complexity index is 3600. The highest BCUT2D eigenvalue weighted by atomic mass is 32.1. The summed E-state index contributed by atoms with van der Waals surface area (Å²) in [6.45, 7) is 0. The second kappa shape index (κ2) is 15.0. The highest BCUT2D eigenvalue weighted by Gasteiger charge is 2.18. The summed E-state index contributed by atoms with van der Waals surface area (Å²) in [5.41, 5.74) is 18.1. The van der Waals surface area contributed by atoms with E-state index in [0.717, 1.165) is 5.69 Å². The standard InChI is InChI=1S/C60H39NS/c1-5-16-40(17-6-1)43-22-13-23-44(34-43)47-35-48(37-49(36-47)52-27-15-29-54-53-28-14-26-51(59(53)62-60(52)54)42-20-9-3-10-21-42)46-31-33-58-56(39-46)55-38-45(41-18-7-2-8-19-41)30-32-57(55)61(58)50-24-11-4-12-25-50/h1-39H. The molecule has 1 nitrogen and oxygen atoms in total. The van der Waals surface area contributed by atoms with Crippen LogP contribution in [-0.2, 0) is 0 Å². The van der Waals surface area contributed by atoms with Gasteiger partial charge in [-0.1, -0.05) is 176 Å². The van der Waals surface area contributed by atoms with E-state index in [1.165, 1.54) is 109 Å². The number of thiophene rings is 1. The van der Waals surface area contributed by atoms with E-state index in [2.05, 4.69) is 241 Å². The summed E-state index contributed by atoms with van der Waals surface area (Å²) < 4.78 is 5.04. The van der Waals surface area contributed by atoms with Crippen LogP contribution in [-0.4, -0.2) is 4.57 Å². The molecule has 0 unspecified atom stereocenters. The molecule has 0 aliphatic heterocycles. The quantitative estimate of drug-likeness (QED) is 0.151. The minimum absolute atomic E-state index is 1.15. The fraction of sp³-hybridized carbons (Fsp3) is 0. The summed E-state index contributed by atoms with van der Waals surface area (Å²) in [6.07, 6.45) is 0. The first-order chi connectivity index (χ1) is 30.7. The van der Waals surface area contributed by atoms with E-state index in [4.69, 9.17) is 0 Å². The van der Waals surface area contributed by atoms with E-state index in [-0.39, 0.29) is 0 Å². The monoisotopic (exact) mass is 805 g/mol. The zero-order valence-corrected chi connectivity index (χ0v) is 34.7. The molecular formula is C60H39NS. The molecule has 62 heavy (non-hydrogen) atoms. The van der Waals surface area contributed by atoms with Crippen LogP contribution in [0.5, 0.6) is 0 Å². The third-order valence-corrected chi connectivity index (χ3v) is 13.7. The van der Waals surface area contributed by atoms with Gasteiger partial charge in [-0.2, -0.15) is 0 Å². The minimum Gasteiger partial charge on any atom is -0.309 e. The van der Waals surface area contributed by atoms with Crippen molar-refractivity contribution in [2.24, 2.45) is 0 Å². The van der Waals surface area contributed by atoms with Gasteiger partial charge < -0.3 is 4.57 Å². The molecule has 0 saturated heterocycles. The van der Waals surface area contributed by atoms with Gasteiger partial charge in [-0.25, -0.2) is 0 Å². The smallest absolute Gasteiger partial charge is 0.0541 e. The number of hydrogen-bond acceptors (Lipinski definition) is 1. The van der Waals surface area contributed by atoms with Crippen molar-refractivity contribution in [3.05, 3.63) is 237 Å². The van der Waals surface area contributed by atoms with Crippen LogP contribution in [0, 0.1) is 0 Å². The van der Waals surface area contributed by atoms with E-state index in [1.807, 2.05) is 11.3 Å². The summed E-state index contributed by atoms with van der Waals surface area (Å²) in [6, 6.07) is 86.7. The van der Waals surface area contributed by atoms with Crippen molar-refractivity contribution in [1.82, 2.24) is 4.57 Å². The topological polar surface area (TPSA) is 4.93 Å². The van der Waals surface area contributed by atoms with Gasteiger partial charge in [0, 0.05) is 36.6 Å². The molecule has 0 fully saturated rings. The van der Waals surface area contributed by atoms with E-state index >= 15 is 0 Å². The highest BCUT2D eigenvalue weighted by molar-refractivity contribution is 7.26. The van der Waals surface area contributed by atoms with E-state index in [1.54, 1.807) is 0 Å². The summed E-state index contributed by atoms with van der Waals surface area (Å²) in [5.74, 6) is 0. The maximum absolute atomic E-state index is 2.42. The maximum Gasteiger partial charge on any atom is 0.0541 e. The Kier molecular flexibility index (Phi) is 8.76. The van der Waals surface area contributed by atoms with Crippen molar-refractivity contribution in [2.45, 2.75) is 0 Å². The lowest BCUT2D eigenvalue weighted by Gasteiger charge is -2.13. The van der Waals surface area contributed by atoms with E-state index < -0.39 is 0 Å². The van der Waals surface area contributed by atoms with Crippen LogP contribution >= 0.6 is 11.3 Å². The maximum atomic E-state index is 2.42. The Balaban J connectivity index is 1.09. The third kappa shape index (κ3) is 6.24. The van der Waals surface area contributed by atoms with Gasteiger partial charge in [-0.3, -0.25) is 0 Å². The van der Waals surface area contributed by atoms with Crippen LogP contribution in [0.3, 0.4) is 0 Å². The molecule has 12 rings (SSSR count). The molecule has 0 amide bonds. The van der Waals surface area contributed by atoms with Crippen molar-refractivity contribution >= 4 is 53.3 Å². The molecular weight excluding hydrogens is 767 g/mol. The molecule has 0 atom stereocenters. The lowest BCUT2D eigenvalue weighted by Crippen LogP contribution is -1.93. The Morgan fingerprint density at radius 1 is 0.242 bits per heavy atom. The van der Waals surface area contributed by atoms with Crippen LogP contribution in [0.2, 0.25) is 0 Å². The fourth-order valence-electron chi connectivity index (χ4n) is 9.39. The molecule has 2 heterocycles. The highest BCUT2D eigenvalue weighted by Crippen LogP contribution is 2.46. The predicted molar refractivity (Wildman–Crippen MR) is 266 cm³/mol. The van der Waals surface area contributed by atoms with Crippen molar-refractivity contribution < 1.29 is 0 Å². The molecule has 0 saturated carbocycles. The van der Waals surface area contributed by atoms with Crippen LogP contribution in [0.4, 0.5) is 0 Å². The lowest BCUT2D eigenvalue weighted by atomic mass is 9.91. The van der Waals surface area contributed by atoms with Crippen LogP contribution < -0.4 is 0 Å². The van der Waals surface area contributed by atoms with E-state index in [9.17, 15) is 0 Å². The van der Waals surface area contributed by atoms with Gasteiger partial charge in [-0.15, -0.1) is 11.3 Å². The molecule has 290 valence electrons. The zero-order valence-electron chi connectivity index (χ0n) is 33.9. The summed E-state index contributed by atoms with van der Waals surface area (Å²) >= 11 is 1.91. The van der Waals surface area contributed by atoms with Gasteiger partial charge in [0.1, 0.15) is 0 Å². The number of benzene rings is 10. The molecule has 0 spiro atoms. The number of rotatable bonds is 7. The minimum atomic E-state index is 1.15. The first kappa shape index (κ1) is 36.1. The lowest BCUT2D eigenvalue weighted by molar-refractivity contribution is 1.18. The van der Waals surface area contributed by atoms with Gasteiger partial charge in [0.15, 0.2) is 0 Å². The number of para-hydroxylation sites is 1. The Morgan fingerprint density at radius 2 is 0.629 bits per heavy atom. The van der Waals surface area contributed by atoms with Crippen molar-refractivity contribution in [3.8, 4) is 72.4 Å². The van der Waals surface area contributed by atoms with Gasteiger partial charge >= 0.3 is 0 Å². The third-order valence-electron chi connectivity index (χ3n) is 12.4. The molecule has 12 aromatic rings. The van der Waals surface area contributed by atoms with Crippen LogP contribution in [0.15, 0.2) is 237 Å². The molecule has 0 N–H and O–H groups in total. The summed E-state index contributed by atoms with van der Waals surface area (Å²) in [7, 11) is 0. The molecule has 2 heteroatoms. The van der Waals surface area contributed by atoms with Gasteiger partial charge in [0.2, 0.25) is 0 Å². The average Bonchev–Trinajstić information content (AvgIpc) is 3.90. The molecule has 0 aliphatic rings. The molecule has 10 aromatic carbocycles. The van der Waals surface area contributed by atoms with Crippen molar-refractivity contribution in [2.75, 3.05) is 0 Å². The largest absolute Gasteiger partial charge is 0.309 e.